The molecule has 0 bridgehead atoms. The van der Waals surface area contributed by atoms with Crippen LogP contribution in [0.25, 0.3) is 0 Å². The van der Waals surface area contributed by atoms with Crippen LogP contribution in [0, 0.1) is 16.0 Å². The summed E-state index contributed by atoms with van der Waals surface area (Å²) in [4.78, 5) is 10.4. The number of non-ortho nitro benzene ring substituents is 1. The maximum absolute atomic E-state index is 10.8. The molecule has 1 aliphatic rings. The van der Waals surface area contributed by atoms with Crippen LogP contribution in [0.5, 0.6) is 0 Å². The first-order valence-corrected chi connectivity index (χ1v) is 7.66. The highest BCUT2D eigenvalue weighted by atomic mass is 16.7. The minimum absolute atomic E-state index is 0.0224. The highest BCUT2D eigenvalue weighted by Crippen LogP contribution is 2.41. The van der Waals surface area contributed by atoms with Gasteiger partial charge in [0, 0.05) is 23.6 Å². The second-order valence-corrected chi connectivity index (χ2v) is 5.85. The number of nitro benzene ring substituents is 1. The van der Waals surface area contributed by atoms with Crippen LogP contribution in [0.2, 0.25) is 0 Å². The van der Waals surface area contributed by atoms with Crippen molar-refractivity contribution in [2.75, 3.05) is 0 Å². The Morgan fingerprint density at radius 1 is 0.913 bits per heavy atom. The van der Waals surface area contributed by atoms with Gasteiger partial charge in [0.1, 0.15) is 0 Å². The van der Waals surface area contributed by atoms with Crippen LogP contribution in [0.4, 0.5) is 5.69 Å². The third-order valence-corrected chi connectivity index (χ3v) is 4.33. The predicted molar refractivity (Wildman–Crippen MR) is 85.8 cm³/mol. The van der Waals surface area contributed by atoms with E-state index < -0.39 is 11.2 Å². The molecule has 3 rings (SSSR count). The zero-order valence-electron chi connectivity index (χ0n) is 13.1. The number of benzene rings is 2. The lowest BCUT2D eigenvalue weighted by atomic mass is 9.91. The van der Waals surface area contributed by atoms with Crippen LogP contribution in [0.15, 0.2) is 54.6 Å². The lowest BCUT2D eigenvalue weighted by Crippen LogP contribution is -2.35. The van der Waals surface area contributed by atoms with E-state index >= 15 is 0 Å². The average Bonchev–Trinajstić information content (AvgIpc) is 2.58. The fourth-order valence-electron chi connectivity index (χ4n) is 2.79. The maximum atomic E-state index is 10.8. The van der Waals surface area contributed by atoms with E-state index in [0.29, 0.717) is 0 Å². The Hall–Kier alpha value is -2.24. The molecular weight excluding hydrogens is 294 g/mol. The molecule has 5 nitrogen and oxygen atoms in total. The molecule has 0 amide bonds. The summed E-state index contributed by atoms with van der Waals surface area (Å²) in [6, 6.07) is 16.4. The first kappa shape index (κ1) is 15.6. The van der Waals surface area contributed by atoms with Gasteiger partial charge in [-0.1, -0.05) is 37.3 Å². The number of nitro groups is 1. The van der Waals surface area contributed by atoms with Crippen molar-refractivity contribution in [2.45, 2.75) is 32.3 Å². The summed E-state index contributed by atoms with van der Waals surface area (Å²) < 4.78 is 12.1. The minimum atomic E-state index is -0.521. The number of ether oxygens (including phenoxy) is 2. The van der Waals surface area contributed by atoms with E-state index in [9.17, 15) is 10.1 Å². The lowest BCUT2D eigenvalue weighted by Gasteiger charge is -2.39. The van der Waals surface area contributed by atoms with Crippen molar-refractivity contribution in [2.24, 2.45) is 5.92 Å². The van der Waals surface area contributed by atoms with Crippen LogP contribution in [0.1, 0.15) is 37.4 Å². The Bertz CT molecular complexity index is 671. The molecule has 0 spiro atoms. The van der Waals surface area contributed by atoms with Gasteiger partial charge in [-0.05, 0) is 24.6 Å². The van der Waals surface area contributed by atoms with Gasteiger partial charge >= 0.3 is 0 Å². The van der Waals surface area contributed by atoms with Gasteiger partial charge in [-0.2, -0.15) is 0 Å². The normalized spacial score (nSPS) is 27.6. The molecular formula is C18H19NO4. The molecule has 23 heavy (non-hydrogen) atoms. The van der Waals surface area contributed by atoms with E-state index in [2.05, 4.69) is 6.92 Å². The molecule has 120 valence electrons. The zero-order valence-corrected chi connectivity index (χ0v) is 13.1. The van der Waals surface area contributed by atoms with Crippen LogP contribution in [-0.2, 0) is 9.47 Å². The Kier molecular flexibility index (Phi) is 4.41. The van der Waals surface area contributed by atoms with Crippen molar-refractivity contribution in [3.8, 4) is 0 Å². The smallest absolute Gasteiger partial charge is 0.269 e. The lowest BCUT2D eigenvalue weighted by molar-refractivity contribution is -0.384. The summed E-state index contributed by atoms with van der Waals surface area (Å²) in [5, 5.41) is 10.8. The molecule has 2 aromatic carbocycles. The summed E-state index contributed by atoms with van der Waals surface area (Å²) in [5.41, 5.74) is 1.96. The standard InChI is InChI=1S/C18H19NO4/c1-12-13(2)22-18(15-8-10-16(11-9-15)19(20)21)23-17(12)14-6-4-3-5-7-14/h3-13,17-18H,1-2H3/t12-,13+,17+,18+/m0/s1. The predicted octanol–water partition coefficient (Wildman–Crippen LogP) is 4.41. The molecule has 0 radical (unpaired) electrons. The third-order valence-electron chi connectivity index (χ3n) is 4.33. The van der Waals surface area contributed by atoms with E-state index in [-0.39, 0.29) is 23.8 Å². The first-order chi connectivity index (χ1) is 11.1. The summed E-state index contributed by atoms with van der Waals surface area (Å²) in [6.07, 6.45) is -0.568. The van der Waals surface area contributed by atoms with Gasteiger partial charge in [0.25, 0.3) is 5.69 Å². The van der Waals surface area contributed by atoms with Gasteiger partial charge in [0.15, 0.2) is 6.29 Å². The number of hydrogen-bond donors (Lipinski definition) is 0. The monoisotopic (exact) mass is 313 g/mol. The topological polar surface area (TPSA) is 61.6 Å². The zero-order chi connectivity index (χ0) is 16.4. The molecule has 0 saturated carbocycles. The molecule has 5 heteroatoms. The van der Waals surface area contributed by atoms with Crippen molar-refractivity contribution in [1.29, 1.82) is 0 Å². The largest absolute Gasteiger partial charge is 0.345 e. The van der Waals surface area contributed by atoms with Crippen LogP contribution >= 0.6 is 0 Å². The summed E-state index contributed by atoms with van der Waals surface area (Å²) in [5.74, 6) is 0.215. The molecule has 1 heterocycles. The van der Waals surface area contributed by atoms with E-state index in [4.69, 9.17) is 9.47 Å². The van der Waals surface area contributed by atoms with Gasteiger partial charge in [0.2, 0.25) is 0 Å². The second-order valence-electron chi connectivity index (χ2n) is 5.85. The molecule has 1 saturated heterocycles. The van der Waals surface area contributed by atoms with Gasteiger partial charge < -0.3 is 9.47 Å². The van der Waals surface area contributed by atoms with Gasteiger partial charge in [-0.3, -0.25) is 10.1 Å². The van der Waals surface area contributed by atoms with E-state index in [1.807, 2.05) is 37.3 Å². The Morgan fingerprint density at radius 3 is 2.17 bits per heavy atom. The molecule has 4 atom stereocenters. The van der Waals surface area contributed by atoms with Crippen molar-refractivity contribution in [1.82, 2.24) is 0 Å². The van der Waals surface area contributed by atoms with Crippen LogP contribution in [-0.4, -0.2) is 11.0 Å². The second kappa shape index (κ2) is 6.48. The SMILES string of the molecule is C[C@H]1[C@@H](C)O[C@@H](c2ccc([N+](=O)[O-])cc2)O[C@H]1c1ccccc1. The van der Waals surface area contributed by atoms with Crippen molar-refractivity contribution >= 4 is 5.69 Å². The Balaban J connectivity index is 1.84. The van der Waals surface area contributed by atoms with Crippen molar-refractivity contribution < 1.29 is 14.4 Å². The van der Waals surface area contributed by atoms with Crippen LogP contribution < -0.4 is 0 Å². The summed E-state index contributed by atoms with van der Waals surface area (Å²) >= 11 is 0. The average molecular weight is 313 g/mol. The highest BCUT2D eigenvalue weighted by Gasteiger charge is 2.36. The third kappa shape index (κ3) is 3.25. The molecule has 2 aromatic rings. The van der Waals surface area contributed by atoms with Crippen molar-refractivity contribution in [3.05, 3.63) is 75.8 Å². The van der Waals surface area contributed by atoms with Gasteiger partial charge in [-0.25, -0.2) is 0 Å². The molecule has 1 fully saturated rings. The maximum Gasteiger partial charge on any atom is 0.269 e. The Morgan fingerprint density at radius 2 is 1.57 bits per heavy atom. The quantitative estimate of drug-likeness (QED) is 0.622. The summed E-state index contributed by atoms with van der Waals surface area (Å²) in [7, 11) is 0. The fraction of sp³-hybridized carbons (Fsp3) is 0.333. The van der Waals surface area contributed by atoms with E-state index in [0.717, 1.165) is 11.1 Å². The van der Waals surface area contributed by atoms with Crippen molar-refractivity contribution in [3.63, 3.8) is 0 Å². The highest BCUT2D eigenvalue weighted by molar-refractivity contribution is 5.33. The number of rotatable bonds is 3. The molecule has 1 aliphatic heterocycles. The fourth-order valence-corrected chi connectivity index (χ4v) is 2.79. The minimum Gasteiger partial charge on any atom is -0.345 e. The molecule has 0 aliphatic carbocycles. The van der Waals surface area contributed by atoms with E-state index in [1.165, 1.54) is 12.1 Å². The molecule has 0 aromatic heterocycles. The van der Waals surface area contributed by atoms with Gasteiger partial charge in [-0.15, -0.1) is 0 Å². The Labute approximate surface area is 135 Å². The van der Waals surface area contributed by atoms with Crippen LogP contribution in [0.3, 0.4) is 0 Å². The van der Waals surface area contributed by atoms with Gasteiger partial charge in [0.05, 0.1) is 17.1 Å². The number of nitrogens with zero attached hydrogens (tertiary/aromatic N) is 1. The number of hydrogen-bond acceptors (Lipinski definition) is 4. The molecule has 0 unspecified atom stereocenters. The van der Waals surface area contributed by atoms with E-state index in [1.54, 1.807) is 12.1 Å². The molecule has 0 N–H and O–H groups in total. The summed E-state index contributed by atoms with van der Waals surface area (Å²) in [6.45, 7) is 4.13. The first-order valence-electron chi connectivity index (χ1n) is 7.66.